The average molecular weight is 225 g/mol. The molecule has 2 rings (SSSR count). The molecule has 84 valence electrons. The van der Waals surface area contributed by atoms with Crippen molar-refractivity contribution in [3.63, 3.8) is 0 Å². The van der Waals surface area contributed by atoms with E-state index in [1.807, 2.05) is 11.3 Å². The van der Waals surface area contributed by atoms with Crippen molar-refractivity contribution in [3.8, 4) is 0 Å². The molecule has 1 N–H and O–H groups in total. The molecule has 0 spiro atoms. The summed E-state index contributed by atoms with van der Waals surface area (Å²) in [5.74, 6) is 0. The first-order chi connectivity index (χ1) is 7.38. The smallest absolute Gasteiger partial charge is 0.0480 e. The van der Waals surface area contributed by atoms with Crippen LogP contribution >= 0.6 is 11.3 Å². The molecule has 1 aliphatic heterocycles. The first-order valence-corrected chi connectivity index (χ1v) is 6.59. The van der Waals surface area contributed by atoms with E-state index in [1.54, 1.807) is 0 Å². The number of thiophene rings is 1. The highest BCUT2D eigenvalue weighted by Crippen LogP contribution is 2.17. The van der Waals surface area contributed by atoms with Gasteiger partial charge in [-0.3, -0.25) is 0 Å². The minimum absolute atomic E-state index is 0.658. The second kappa shape index (κ2) is 5.64. The molecule has 0 aromatic carbocycles. The van der Waals surface area contributed by atoms with Crippen LogP contribution in [-0.2, 0) is 17.7 Å². The lowest BCUT2D eigenvalue weighted by molar-refractivity contribution is 0.0777. The van der Waals surface area contributed by atoms with Gasteiger partial charge >= 0.3 is 0 Å². The topological polar surface area (TPSA) is 21.3 Å². The van der Waals surface area contributed by atoms with Crippen LogP contribution < -0.4 is 5.32 Å². The van der Waals surface area contributed by atoms with Gasteiger partial charge in [0.1, 0.15) is 0 Å². The van der Waals surface area contributed by atoms with Gasteiger partial charge < -0.3 is 10.1 Å². The van der Waals surface area contributed by atoms with E-state index in [2.05, 4.69) is 24.4 Å². The summed E-state index contributed by atoms with van der Waals surface area (Å²) in [4.78, 5) is 2.94. The van der Waals surface area contributed by atoms with Gasteiger partial charge in [-0.25, -0.2) is 0 Å². The summed E-state index contributed by atoms with van der Waals surface area (Å²) < 4.78 is 5.34. The van der Waals surface area contributed by atoms with Crippen LogP contribution in [0.2, 0.25) is 0 Å². The summed E-state index contributed by atoms with van der Waals surface area (Å²) in [5, 5.41) is 3.61. The van der Waals surface area contributed by atoms with E-state index >= 15 is 0 Å². The van der Waals surface area contributed by atoms with Crippen molar-refractivity contribution >= 4 is 11.3 Å². The molecule has 1 aromatic rings. The van der Waals surface area contributed by atoms with Crippen molar-refractivity contribution in [3.05, 3.63) is 21.9 Å². The van der Waals surface area contributed by atoms with Gasteiger partial charge in [-0.1, -0.05) is 6.92 Å². The second-order valence-electron chi connectivity index (χ2n) is 3.99. The molecule has 0 bridgehead atoms. The highest BCUT2D eigenvalue weighted by atomic mass is 32.1. The summed E-state index contributed by atoms with van der Waals surface area (Å²) in [5.41, 5.74) is 0. The molecular formula is C12H19NOS. The van der Waals surface area contributed by atoms with Crippen LogP contribution in [0.15, 0.2) is 12.1 Å². The first kappa shape index (κ1) is 11.1. The normalized spacial score (nSPS) is 18.2. The van der Waals surface area contributed by atoms with Crippen molar-refractivity contribution in [2.45, 2.75) is 38.8 Å². The SMILES string of the molecule is CCc1ccc(CNC2CCOCC2)s1. The minimum Gasteiger partial charge on any atom is -0.381 e. The van der Waals surface area contributed by atoms with Gasteiger partial charge in [0.15, 0.2) is 0 Å². The van der Waals surface area contributed by atoms with Crippen molar-refractivity contribution in [2.75, 3.05) is 13.2 Å². The number of rotatable bonds is 4. The number of hydrogen-bond acceptors (Lipinski definition) is 3. The van der Waals surface area contributed by atoms with Crippen molar-refractivity contribution in [1.82, 2.24) is 5.32 Å². The van der Waals surface area contributed by atoms with E-state index in [1.165, 1.54) is 9.75 Å². The van der Waals surface area contributed by atoms with Crippen LogP contribution in [0.3, 0.4) is 0 Å². The maximum absolute atomic E-state index is 5.34. The summed E-state index contributed by atoms with van der Waals surface area (Å²) in [6.45, 7) is 5.07. The Morgan fingerprint density at radius 1 is 1.33 bits per heavy atom. The van der Waals surface area contributed by atoms with Gasteiger partial charge in [0.05, 0.1) is 0 Å². The fraction of sp³-hybridized carbons (Fsp3) is 0.667. The van der Waals surface area contributed by atoms with Gasteiger partial charge in [-0.05, 0) is 31.4 Å². The molecule has 0 atom stereocenters. The Morgan fingerprint density at radius 2 is 2.07 bits per heavy atom. The monoisotopic (exact) mass is 225 g/mol. The highest BCUT2D eigenvalue weighted by molar-refractivity contribution is 7.11. The lowest BCUT2D eigenvalue weighted by atomic mass is 10.1. The largest absolute Gasteiger partial charge is 0.381 e. The quantitative estimate of drug-likeness (QED) is 0.850. The Hall–Kier alpha value is -0.380. The van der Waals surface area contributed by atoms with Crippen molar-refractivity contribution < 1.29 is 4.74 Å². The summed E-state index contributed by atoms with van der Waals surface area (Å²) in [7, 11) is 0. The number of nitrogens with one attached hydrogen (secondary N) is 1. The van der Waals surface area contributed by atoms with E-state index in [4.69, 9.17) is 4.74 Å². The molecule has 2 heterocycles. The average Bonchev–Trinajstić information content (AvgIpc) is 2.76. The van der Waals surface area contributed by atoms with Crippen LogP contribution in [-0.4, -0.2) is 19.3 Å². The van der Waals surface area contributed by atoms with E-state index in [0.717, 1.165) is 39.0 Å². The fourth-order valence-electron chi connectivity index (χ4n) is 1.85. The first-order valence-electron chi connectivity index (χ1n) is 5.77. The van der Waals surface area contributed by atoms with Gasteiger partial charge in [0, 0.05) is 35.6 Å². The third-order valence-electron chi connectivity index (χ3n) is 2.85. The molecule has 0 amide bonds. The number of ether oxygens (including phenoxy) is 1. The second-order valence-corrected chi connectivity index (χ2v) is 5.24. The molecule has 1 fully saturated rings. The molecule has 0 radical (unpaired) electrons. The van der Waals surface area contributed by atoms with Crippen LogP contribution in [0.1, 0.15) is 29.5 Å². The molecular weight excluding hydrogens is 206 g/mol. The molecule has 0 aliphatic carbocycles. The lowest BCUT2D eigenvalue weighted by Crippen LogP contribution is -2.34. The van der Waals surface area contributed by atoms with Gasteiger partial charge in [-0.2, -0.15) is 0 Å². The maximum atomic E-state index is 5.34. The van der Waals surface area contributed by atoms with Gasteiger partial charge in [0.2, 0.25) is 0 Å². The molecule has 1 aromatic heterocycles. The molecule has 3 heteroatoms. The molecule has 1 aliphatic rings. The van der Waals surface area contributed by atoms with Crippen molar-refractivity contribution in [1.29, 1.82) is 0 Å². The molecule has 15 heavy (non-hydrogen) atoms. The van der Waals surface area contributed by atoms with E-state index < -0.39 is 0 Å². The standard InChI is InChI=1S/C12H19NOS/c1-2-11-3-4-12(15-11)9-13-10-5-7-14-8-6-10/h3-4,10,13H,2,5-9H2,1H3. The van der Waals surface area contributed by atoms with Gasteiger partial charge in [-0.15, -0.1) is 11.3 Å². The molecule has 1 saturated heterocycles. The molecule has 0 saturated carbocycles. The fourth-order valence-corrected chi connectivity index (χ4v) is 2.76. The third kappa shape index (κ3) is 3.30. The van der Waals surface area contributed by atoms with Crippen LogP contribution in [0, 0.1) is 0 Å². The molecule has 0 unspecified atom stereocenters. The predicted molar refractivity (Wildman–Crippen MR) is 64.4 cm³/mol. The minimum atomic E-state index is 0.658. The summed E-state index contributed by atoms with van der Waals surface area (Å²) in [6, 6.07) is 5.15. The maximum Gasteiger partial charge on any atom is 0.0480 e. The highest BCUT2D eigenvalue weighted by Gasteiger charge is 2.12. The molecule has 2 nitrogen and oxygen atoms in total. The zero-order valence-electron chi connectivity index (χ0n) is 9.29. The zero-order valence-corrected chi connectivity index (χ0v) is 10.1. The van der Waals surface area contributed by atoms with Crippen molar-refractivity contribution in [2.24, 2.45) is 0 Å². The van der Waals surface area contributed by atoms with E-state index in [-0.39, 0.29) is 0 Å². The van der Waals surface area contributed by atoms with Gasteiger partial charge in [0.25, 0.3) is 0 Å². The number of aryl methyl sites for hydroxylation is 1. The number of hydrogen-bond donors (Lipinski definition) is 1. The summed E-state index contributed by atoms with van der Waals surface area (Å²) in [6.07, 6.45) is 3.47. The Labute approximate surface area is 95.6 Å². The van der Waals surface area contributed by atoms with Crippen LogP contribution in [0.5, 0.6) is 0 Å². The summed E-state index contributed by atoms with van der Waals surface area (Å²) >= 11 is 1.93. The zero-order chi connectivity index (χ0) is 10.5. The Morgan fingerprint density at radius 3 is 2.73 bits per heavy atom. The predicted octanol–water partition coefficient (Wildman–Crippen LogP) is 2.58. The Kier molecular flexibility index (Phi) is 4.18. The Balaban J connectivity index is 1.76. The van der Waals surface area contributed by atoms with Crippen LogP contribution in [0.4, 0.5) is 0 Å². The third-order valence-corrected chi connectivity index (χ3v) is 4.08. The van der Waals surface area contributed by atoms with E-state index in [9.17, 15) is 0 Å². The van der Waals surface area contributed by atoms with E-state index in [0.29, 0.717) is 6.04 Å². The Bertz CT molecular complexity index is 292. The van der Waals surface area contributed by atoms with Crippen LogP contribution in [0.25, 0.3) is 0 Å². The lowest BCUT2D eigenvalue weighted by Gasteiger charge is -2.22.